The fourth-order valence-corrected chi connectivity index (χ4v) is 2.18. The van der Waals surface area contributed by atoms with E-state index in [1.807, 2.05) is 0 Å². The van der Waals surface area contributed by atoms with Crippen molar-refractivity contribution in [2.75, 3.05) is 12.4 Å². The van der Waals surface area contributed by atoms with Gasteiger partial charge in [0.15, 0.2) is 6.10 Å². The second-order valence-electron chi connectivity index (χ2n) is 5.17. The molecule has 136 valence electrons. The molecule has 1 unspecified atom stereocenters. The van der Waals surface area contributed by atoms with E-state index in [4.69, 9.17) is 14.8 Å². The quantitative estimate of drug-likeness (QED) is 0.577. The standard InChI is InChI=1S/C18H18FN3O4/c1-12(15-5-3-4-6-16(15)21-18(23)24)26-20-11-17(22-25-2)13-7-9-14(19)10-8-13/h3-12,21H,1-2H3,(H,23,24). The minimum Gasteiger partial charge on any atom is -0.465 e. The lowest BCUT2D eigenvalue weighted by atomic mass is 10.1. The van der Waals surface area contributed by atoms with Crippen molar-refractivity contribution < 1.29 is 24.0 Å². The first-order valence-corrected chi connectivity index (χ1v) is 7.66. The maximum absolute atomic E-state index is 13.0. The maximum Gasteiger partial charge on any atom is 0.409 e. The first-order chi connectivity index (χ1) is 12.5. The van der Waals surface area contributed by atoms with E-state index in [0.29, 0.717) is 22.5 Å². The zero-order chi connectivity index (χ0) is 18.9. The number of carboxylic acid groups (broad SMARTS) is 1. The summed E-state index contributed by atoms with van der Waals surface area (Å²) in [6.45, 7) is 1.73. The van der Waals surface area contributed by atoms with Gasteiger partial charge in [0.05, 0.1) is 11.9 Å². The van der Waals surface area contributed by atoms with E-state index in [2.05, 4.69) is 15.6 Å². The number of rotatable bonds is 7. The molecule has 7 nitrogen and oxygen atoms in total. The number of oxime groups is 2. The molecule has 0 bridgehead atoms. The Balaban J connectivity index is 2.12. The van der Waals surface area contributed by atoms with Gasteiger partial charge in [0.1, 0.15) is 18.6 Å². The molecule has 0 aliphatic carbocycles. The normalized spacial score (nSPS) is 12.7. The lowest BCUT2D eigenvalue weighted by Crippen LogP contribution is -2.11. The SMILES string of the molecule is CON=C(C=NOC(C)c1ccccc1NC(=O)O)c1ccc(F)cc1. The second-order valence-corrected chi connectivity index (χ2v) is 5.17. The smallest absolute Gasteiger partial charge is 0.409 e. The third-order valence-corrected chi connectivity index (χ3v) is 3.36. The molecular weight excluding hydrogens is 341 g/mol. The molecule has 1 atom stereocenters. The van der Waals surface area contributed by atoms with Gasteiger partial charge in [-0.05, 0) is 37.3 Å². The molecule has 2 aromatic carbocycles. The molecule has 0 heterocycles. The number of anilines is 1. The van der Waals surface area contributed by atoms with E-state index < -0.39 is 12.2 Å². The van der Waals surface area contributed by atoms with Crippen LogP contribution in [0, 0.1) is 5.82 Å². The number of hydrogen-bond donors (Lipinski definition) is 2. The molecule has 0 saturated carbocycles. The van der Waals surface area contributed by atoms with E-state index >= 15 is 0 Å². The zero-order valence-corrected chi connectivity index (χ0v) is 14.2. The van der Waals surface area contributed by atoms with E-state index in [1.54, 1.807) is 31.2 Å². The largest absolute Gasteiger partial charge is 0.465 e. The number of amides is 1. The van der Waals surface area contributed by atoms with E-state index in [-0.39, 0.29) is 5.82 Å². The zero-order valence-electron chi connectivity index (χ0n) is 14.2. The number of para-hydroxylation sites is 1. The van der Waals surface area contributed by atoms with Crippen molar-refractivity contribution in [2.45, 2.75) is 13.0 Å². The third-order valence-electron chi connectivity index (χ3n) is 3.36. The van der Waals surface area contributed by atoms with Gasteiger partial charge in [-0.2, -0.15) is 0 Å². The van der Waals surface area contributed by atoms with E-state index in [0.717, 1.165) is 0 Å². The first kappa shape index (κ1) is 18.9. The van der Waals surface area contributed by atoms with Crippen molar-refractivity contribution >= 4 is 23.7 Å². The van der Waals surface area contributed by atoms with Gasteiger partial charge in [0.25, 0.3) is 0 Å². The third kappa shape index (κ3) is 5.30. The Kier molecular flexibility index (Phi) is 6.67. The lowest BCUT2D eigenvalue weighted by Gasteiger charge is -2.14. The number of carbonyl (C=O) groups is 1. The molecule has 26 heavy (non-hydrogen) atoms. The average molecular weight is 359 g/mol. The van der Waals surface area contributed by atoms with Crippen LogP contribution < -0.4 is 5.32 Å². The van der Waals surface area contributed by atoms with Crippen LogP contribution in [0.2, 0.25) is 0 Å². The predicted octanol–water partition coefficient (Wildman–Crippen LogP) is 4.03. The molecule has 0 spiro atoms. The van der Waals surface area contributed by atoms with Crippen LogP contribution in [0.15, 0.2) is 58.8 Å². The van der Waals surface area contributed by atoms with Gasteiger partial charge >= 0.3 is 6.09 Å². The Morgan fingerprint density at radius 2 is 1.92 bits per heavy atom. The summed E-state index contributed by atoms with van der Waals surface area (Å²) in [5, 5.41) is 18.9. The molecule has 0 aliphatic rings. The summed E-state index contributed by atoms with van der Waals surface area (Å²) in [6, 6.07) is 12.5. The molecule has 2 aromatic rings. The second kappa shape index (κ2) is 9.16. The van der Waals surface area contributed by atoms with Crippen LogP contribution in [0.4, 0.5) is 14.9 Å². The van der Waals surface area contributed by atoms with Crippen LogP contribution >= 0.6 is 0 Å². The van der Waals surface area contributed by atoms with Gasteiger partial charge in [-0.3, -0.25) is 5.32 Å². The van der Waals surface area contributed by atoms with Crippen LogP contribution in [-0.4, -0.2) is 30.2 Å². The average Bonchev–Trinajstić information content (AvgIpc) is 2.61. The van der Waals surface area contributed by atoms with Crippen molar-refractivity contribution in [1.82, 2.24) is 0 Å². The molecular formula is C18H18FN3O4. The van der Waals surface area contributed by atoms with Gasteiger partial charge in [-0.25, -0.2) is 9.18 Å². The lowest BCUT2D eigenvalue weighted by molar-refractivity contribution is 0.0743. The fourth-order valence-electron chi connectivity index (χ4n) is 2.18. The highest BCUT2D eigenvalue weighted by molar-refractivity contribution is 6.37. The van der Waals surface area contributed by atoms with Gasteiger partial charge in [-0.15, -0.1) is 0 Å². The van der Waals surface area contributed by atoms with Gasteiger partial charge in [-0.1, -0.05) is 28.5 Å². The van der Waals surface area contributed by atoms with Gasteiger partial charge in [0, 0.05) is 11.1 Å². The molecule has 1 amide bonds. The summed E-state index contributed by atoms with van der Waals surface area (Å²) in [5.74, 6) is -0.366. The predicted molar refractivity (Wildman–Crippen MR) is 96.0 cm³/mol. The van der Waals surface area contributed by atoms with Crippen molar-refractivity contribution in [3.63, 3.8) is 0 Å². The molecule has 0 aromatic heterocycles. The number of nitrogens with one attached hydrogen (secondary N) is 1. The van der Waals surface area contributed by atoms with Gasteiger partial charge < -0.3 is 14.8 Å². The Hall–Kier alpha value is -3.42. The Morgan fingerprint density at radius 1 is 1.23 bits per heavy atom. The molecule has 2 N–H and O–H groups in total. The van der Waals surface area contributed by atoms with Crippen LogP contribution in [0.5, 0.6) is 0 Å². The molecule has 8 heteroatoms. The number of nitrogens with zero attached hydrogens (tertiary/aromatic N) is 2. The molecule has 0 radical (unpaired) electrons. The van der Waals surface area contributed by atoms with Crippen LogP contribution in [0.25, 0.3) is 0 Å². The summed E-state index contributed by atoms with van der Waals surface area (Å²) < 4.78 is 13.0. The van der Waals surface area contributed by atoms with E-state index in [9.17, 15) is 9.18 Å². The first-order valence-electron chi connectivity index (χ1n) is 7.66. The number of hydrogen-bond acceptors (Lipinski definition) is 5. The number of benzene rings is 2. The van der Waals surface area contributed by atoms with Crippen molar-refractivity contribution in [3.05, 3.63) is 65.5 Å². The maximum atomic E-state index is 13.0. The molecule has 0 saturated heterocycles. The van der Waals surface area contributed by atoms with Crippen LogP contribution in [-0.2, 0) is 9.68 Å². The summed E-state index contributed by atoms with van der Waals surface area (Å²) >= 11 is 0. The Bertz CT molecular complexity index is 806. The highest BCUT2D eigenvalue weighted by atomic mass is 19.1. The minimum atomic E-state index is -1.17. The molecule has 0 fully saturated rings. The summed E-state index contributed by atoms with van der Waals surface area (Å²) in [5.41, 5.74) is 1.98. The van der Waals surface area contributed by atoms with Crippen LogP contribution in [0.3, 0.4) is 0 Å². The molecule has 2 rings (SSSR count). The summed E-state index contributed by atoms with van der Waals surface area (Å²) in [4.78, 5) is 21.0. The van der Waals surface area contributed by atoms with Gasteiger partial charge in [0.2, 0.25) is 0 Å². The minimum absolute atomic E-state index is 0.344. The Morgan fingerprint density at radius 3 is 2.58 bits per heavy atom. The Labute approximate surface area is 149 Å². The monoisotopic (exact) mass is 359 g/mol. The van der Waals surface area contributed by atoms with Crippen molar-refractivity contribution in [1.29, 1.82) is 0 Å². The fraction of sp³-hybridized carbons (Fsp3) is 0.167. The topological polar surface area (TPSA) is 92.5 Å². The van der Waals surface area contributed by atoms with Crippen LogP contribution in [0.1, 0.15) is 24.2 Å². The highest BCUT2D eigenvalue weighted by Crippen LogP contribution is 2.25. The highest BCUT2D eigenvalue weighted by Gasteiger charge is 2.13. The summed E-state index contributed by atoms with van der Waals surface area (Å²) in [6.07, 6.45) is -0.356. The van der Waals surface area contributed by atoms with E-state index in [1.165, 1.54) is 37.6 Å². The summed E-state index contributed by atoms with van der Waals surface area (Å²) in [7, 11) is 1.38. The van der Waals surface area contributed by atoms with Crippen molar-refractivity contribution in [3.8, 4) is 0 Å². The number of halogens is 1. The van der Waals surface area contributed by atoms with Crippen molar-refractivity contribution in [2.24, 2.45) is 10.3 Å². The molecule has 0 aliphatic heterocycles.